The van der Waals surface area contributed by atoms with Crippen LogP contribution in [-0.4, -0.2) is 30.9 Å². The number of rotatable bonds is 5. The summed E-state index contributed by atoms with van der Waals surface area (Å²) in [6.45, 7) is 0. The fourth-order valence-electron chi connectivity index (χ4n) is 2.87. The molecule has 0 aliphatic rings. The van der Waals surface area contributed by atoms with Gasteiger partial charge in [0.15, 0.2) is 28.8 Å². The van der Waals surface area contributed by atoms with Crippen LogP contribution in [0, 0.1) is 5.82 Å². The van der Waals surface area contributed by atoms with E-state index in [1.54, 1.807) is 0 Å². The standard InChI is InChI=1S/C20H12ClF4N7O2/c21-16-14(5-7-27-18(16)26)34-13-4-3-10(8-12(13)22)30-19(33)11-9-29-32(17(11)20(23,24)25)15-2-1-6-28-31-15/h1-9H,(H2,26,27)(H,30,33). The van der Waals surface area contributed by atoms with Gasteiger partial charge in [0.25, 0.3) is 5.91 Å². The molecule has 3 heterocycles. The van der Waals surface area contributed by atoms with E-state index in [-0.39, 0.29) is 33.8 Å². The summed E-state index contributed by atoms with van der Waals surface area (Å²) >= 11 is 5.96. The maximum absolute atomic E-state index is 14.5. The van der Waals surface area contributed by atoms with Gasteiger partial charge in [-0.3, -0.25) is 4.79 Å². The van der Waals surface area contributed by atoms with Gasteiger partial charge in [-0.15, -0.1) is 5.10 Å². The Hall–Kier alpha value is -4.26. The van der Waals surface area contributed by atoms with E-state index in [0.29, 0.717) is 4.68 Å². The molecule has 0 saturated heterocycles. The molecule has 0 radical (unpaired) electrons. The van der Waals surface area contributed by atoms with Crippen molar-refractivity contribution in [2.75, 3.05) is 11.1 Å². The van der Waals surface area contributed by atoms with Crippen LogP contribution >= 0.6 is 11.6 Å². The molecular formula is C20H12ClF4N7O2. The number of hydrogen-bond donors (Lipinski definition) is 2. The Kier molecular flexibility index (Phi) is 6.03. The number of nitrogens with zero attached hydrogens (tertiary/aromatic N) is 5. The van der Waals surface area contributed by atoms with E-state index in [1.165, 1.54) is 36.7 Å². The fourth-order valence-corrected chi connectivity index (χ4v) is 3.02. The minimum absolute atomic E-state index is 0.0223. The molecule has 4 rings (SSSR count). The number of nitrogen functional groups attached to an aromatic ring is 1. The molecule has 3 N–H and O–H groups in total. The summed E-state index contributed by atoms with van der Waals surface area (Å²) in [6, 6.07) is 7.23. The summed E-state index contributed by atoms with van der Waals surface area (Å²) in [4.78, 5) is 16.4. The zero-order valence-electron chi connectivity index (χ0n) is 16.7. The number of carbonyl (C=O) groups excluding carboxylic acids is 1. The van der Waals surface area contributed by atoms with E-state index < -0.39 is 29.2 Å². The molecule has 0 aliphatic heterocycles. The van der Waals surface area contributed by atoms with Crippen LogP contribution in [0.4, 0.5) is 29.1 Å². The number of amides is 1. The van der Waals surface area contributed by atoms with Gasteiger partial charge in [0, 0.05) is 30.2 Å². The van der Waals surface area contributed by atoms with Gasteiger partial charge in [-0.2, -0.15) is 23.4 Å². The molecule has 4 aromatic rings. The van der Waals surface area contributed by atoms with Crippen LogP contribution < -0.4 is 15.8 Å². The lowest BCUT2D eigenvalue weighted by Crippen LogP contribution is -2.21. The maximum atomic E-state index is 14.5. The van der Waals surface area contributed by atoms with Gasteiger partial charge < -0.3 is 15.8 Å². The van der Waals surface area contributed by atoms with Gasteiger partial charge in [-0.05, 0) is 24.3 Å². The summed E-state index contributed by atoms with van der Waals surface area (Å²) in [6.07, 6.45) is -1.64. The first-order valence-electron chi connectivity index (χ1n) is 9.27. The normalized spacial score (nSPS) is 11.3. The Morgan fingerprint density at radius 2 is 1.94 bits per heavy atom. The lowest BCUT2D eigenvalue weighted by atomic mass is 10.2. The number of carbonyl (C=O) groups is 1. The van der Waals surface area contributed by atoms with Crippen molar-refractivity contribution in [3.63, 3.8) is 0 Å². The van der Waals surface area contributed by atoms with Gasteiger partial charge in [0.05, 0.1) is 11.8 Å². The Balaban J connectivity index is 1.59. The molecule has 0 fully saturated rings. The van der Waals surface area contributed by atoms with Gasteiger partial charge in [0.2, 0.25) is 0 Å². The third kappa shape index (κ3) is 4.59. The largest absolute Gasteiger partial charge is 0.453 e. The van der Waals surface area contributed by atoms with E-state index >= 15 is 0 Å². The topological polar surface area (TPSA) is 121 Å². The number of hydrogen-bond acceptors (Lipinski definition) is 7. The summed E-state index contributed by atoms with van der Waals surface area (Å²) in [5.74, 6) is -2.58. The summed E-state index contributed by atoms with van der Waals surface area (Å²) in [5, 5.41) is 12.9. The first-order valence-corrected chi connectivity index (χ1v) is 9.65. The Morgan fingerprint density at radius 3 is 2.62 bits per heavy atom. The SMILES string of the molecule is Nc1nccc(Oc2ccc(NC(=O)c3cnn(-c4cccnn4)c3C(F)(F)F)cc2F)c1Cl. The van der Waals surface area contributed by atoms with Gasteiger partial charge >= 0.3 is 6.18 Å². The van der Waals surface area contributed by atoms with Gasteiger partial charge in [0.1, 0.15) is 10.8 Å². The van der Waals surface area contributed by atoms with Crippen LogP contribution in [0.2, 0.25) is 5.02 Å². The molecule has 9 nitrogen and oxygen atoms in total. The molecular weight excluding hydrogens is 482 g/mol. The molecule has 0 spiro atoms. The number of ether oxygens (including phenoxy) is 1. The number of nitrogens with one attached hydrogen (secondary N) is 1. The van der Waals surface area contributed by atoms with Crippen LogP contribution in [0.25, 0.3) is 5.82 Å². The van der Waals surface area contributed by atoms with E-state index in [0.717, 1.165) is 18.3 Å². The van der Waals surface area contributed by atoms with Crippen LogP contribution in [0.1, 0.15) is 16.1 Å². The smallest absolute Gasteiger partial charge is 0.434 e. The number of nitrogens with two attached hydrogens (primary N) is 1. The molecule has 0 unspecified atom stereocenters. The molecule has 3 aromatic heterocycles. The first-order chi connectivity index (χ1) is 16.1. The van der Waals surface area contributed by atoms with Crippen molar-refractivity contribution in [2.45, 2.75) is 6.18 Å². The molecule has 1 amide bonds. The van der Waals surface area contributed by atoms with Crippen LogP contribution in [0.5, 0.6) is 11.5 Å². The molecule has 0 aliphatic carbocycles. The highest BCUT2D eigenvalue weighted by Gasteiger charge is 2.41. The molecule has 34 heavy (non-hydrogen) atoms. The molecule has 1 aromatic carbocycles. The number of aromatic nitrogens is 5. The van der Waals surface area contributed by atoms with Crippen LogP contribution in [0.15, 0.2) is 55.0 Å². The van der Waals surface area contributed by atoms with E-state index in [2.05, 4.69) is 25.6 Å². The van der Waals surface area contributed by atoms with E-state index in [9.17, 15) is 22.4 Å². The average Bonchev–Trinajstić information content (AvgIpc) is 3.25. The highest BCUT2D eigenvalue weighted by Crippen LogP contribution is 2.35. The predicted octanol–water partition coefficient (Wildman–Crippen LogP) is 4.50. The Morgan fingerprint density at radius 1 is 1.15 bits per heavy atom. The monoisotopic (exact) mass is 493 g/mol. The van der Waals surface area contributed by atoms with Crippen molar-refractivity contribution < 1.29 is 27.1 Å². The number of halogens is 5. The zero-order valence-corrected chi connectivity index (χ0v) is 17.5. The van der Waals surface area contributed by atoms with E-state index in [1.807, 2.05) is 0 Å². The van der Waals surface area contributed by atoms with Crippen molar-refractivity contribution >= 4 is 29.0 Å². The number of alkyl halides is 3. The number of pyridine rings is 1. The second kappa shape index (κ2) is 8.94. The second-order valence-electron chi connectivity index (χ2n) is 6.61. The Labute approximate surface area is 193 Å². The molecule has 0 atom stereocenters. The lowest BCUT2D eigenvalue weighted by molar-refractivity contribution is -0.143. The van der Waals surface area contributed by atoms with Gasteiger partial charge in [-0.25, -0.2) is 14.1 Å². The number of benzene rings is 1. The van der Waals surface area contributed by atoms with Crippen molar-refractivity contribution in [3.05, 3.63) is 77.1 Å². The fraction of sp³-hybridized carbons (Fsp3) is 0.0500. The van der Waals surface area contributed by atoms with Gasteiger partial charge in [-0.1, -0.05) is 11.6 Å². The third-order valence-electron chi connectivity index (χ3n) is 4.35. The Bertz CT molecular complexity index is 1360. The van der Waals surface area contributed by atoms with Crippen LogP contribution in [-0.2, 0) is 6.18 Å². The van der Waals surface area contributed by atoms with Crippen molar-refractivity contribution in [2.24, 2.45) is 0 Å². The molecule has 174 valence electrons. The highest BCUT2D eigenvalue weighted by atomic mass is 35.5. The molecule has 0 saturated carbocycles. The minimum Gasteiger partial charge on any atom is -0.453 e. The lowest BCUT2D eigenvalue weighted by Gasteiger charge is -2.13. The summed E-state index contributed by atoms with van der Waals surface area (Å²) in [5.41, 5.74) is 3.28. The van der Waals surface area contributed by atoms with Crippen molar-refractivity contribution in [1.29, 1.82) is 0 Å². The minimum atomic E-state index is -4.95. The third-order valence-corrected chi connectivity index (χ3v) is 4.73. The molecule has 0 bridgehead atoms. The average molecular weight is 494 g/mol. The first kappa shape index (κ1) is 22.9. The van der Waals surface area contributed by atoms with Crippen LogP contribution in [0.3, 0.4) is 0 Å². The predicted molar refractivity (Wildman–Crippen MR) is 112 cm³/mol. The van der Waals surface area contributed by atoms with Crippen molar-refractivity contribution in [1.82, 2.24) is 25.0 Å². The van der Waals surface area contributed by atoms with Crippen molar-refractivity contribution in [3.8, 4) is 17.3 Å². The quantitative estimate of drug-likeness (QED) is 0.393. The summed E-state index contributed by atoms with van der Waals surface area (Å²) in [7, 11) is 0. The summed E-state index contributed by atoms with van der Waals surface area (Å²) < 4.78 is 61.5. The molecule has 14 heteroatoms. The maximum Gasteiger partial charge on any atom is 0.434 e. The van der Waals surface area contributed by atoms with E-state index in [4.69, 9.17) is 22.1 Å². The zero-order chi connectivity index (χ0) is 24.5. The second-order valence-corrected chi connectivity index (χ2v) is 6.99. The highest BCUT2D eigenvalue weighted by molar-refractivity contribution is 6.34. The number of anilines is 2.